The summed E-state index contributed by atoms with van der Waals surface area (Å²) < 4.78 is 11.1. The van der Waals surface area contributed by atoms with E-state index in [0.717, 1.165) is 0 Å². The predicted octanol–water partition coefficient (Wildman–Crippen LogP) is 2.35. The van der Waals surface area contributed by atoms with Crippen LogP contribution in [0.5, 0.6) is 5.75 Å². The highest BCUT2D eigenvalue weighted by Gasteiger charge is 2.24. The van der Waals surface area contributed by atoms with E-state index in [-0.39, 0.29) is 11.5 Å². The number of carbonyl (C=O) groups is 1. The number of carbonyl (C=O) groups excluding carboxylic acids is 1. The fourth-order valence-corrected chi connectivity index (χ4v) is 2.89. The third kappa shape index (κ3) is 3.04. The van der Waals surface area contributed by atoms with Gasteiger partial charge < -0.3 is 19.4 Å². The van der Waals surface area contributed by atoms with Crippen LogP contribution in [0.25, 0.3) is 22.6 Å². The Labute approximate surface area is 147 Å². The molecular formula is C17H14ClN3O4. The Morgan fingerprint density at radius 2 is 2.04 bits per heavy atom. The molecule has 1 amide bonds. The van der Waals surface area contributed by atoms with E-state index < -0.39 is 11.5 Å². The molecule has 2 aliphatic heterocycles. The predicted molar refractivity (Wildman–Crippen MR) is 92.4 cm³/mol. The van der Waals surface area contributed by atoms with Gasteiger partial charge in [-0.3, -0.25) is 4.79 Å². The second-order valence-electron chi connectivity index (χ2n) is 5.67. The highest BCUT2D eigenvalue weighted by Crippen LogP contribution is 2.31. The molecule has 128 valence electrons. The summed E-state index contributed by atoms with van der Waals surface area (Å²) in [6, 6.07) is 7.82. The number of halogens is 1. The summed E-state index contributed by atoms with van der Waals surface area (Å²) >= 11 is 5.97. The number of nitrogens with zero attached hydrogens (tertiary/aromatic N) is 2. The van der Waals surface area contributed by atoms with Gasteiger partial charge in [-0.1, -0.05) is 11.6 Å². The van der Waals surface area contributed by atoms with Gasteiger partial charge in [0.1, 0.15) is 11.2 Å². The molecule has 25 heavy (non-hydrogen) atoms. The molecule has 0 spiro atoms. The molecule has 1 aromatic rings. The average Bonchev–Trinajstić information content (AvgIpc) is 2.63. The first-order valence-electron chi connectivity index (χ1n) is 7.82. The van der Waals surface area contributed by atoms with Crippen molar-refractivity contribution in [2.24, 2.45) is 0 Å². The van der Waals surface area contributed by atoms with Crippen LogP contribution >= 0.6 is 11.6 Å². The van der Waals surface area contributed by atoms with Crippen LogP contribution in [-0.2, 0) is 0 Å². The molecule has 2 heterocycles. The number of ether oxygens (including phenoxy) is 1. The van der Waals surface area contributed by atoms with Crippen LogP contribution in [0.3, 0.4) is 0 Å². The van der Waals surface area contributed by atoms with E-state index >= 15 is 0 Å². The van der Waals surface area contributed by atoms with Gasteiger partial charge in [0, 0.05) is 31.2 Å². The largest absolute Gasteiger partial charge is 0.449 e. The lowest BCUT2D eigenvalue weighted by Crippen LogP contribution is -2.47. The van der Waals surface area contributed by atoms with Crippen LogP contribution in [0.4, 0.5) is 4.79 Å². The molecule has 3 aliphatic rings. The van der Waals surface area contributed by atoms with Crippen molar-refractivity contribution in [1.82, 2.24) is 15.2 Å². The van der Waals surface area contributed by atoms with Crippen molar-refractivity contribution in [3.63, 3.8) is 0 Å². The van der Waals surface area contributed by atoms with Gasteiger partial charge in [-0.2, -0.15) is 0 Å². The Balaban J connectivity index is 1.77. The van der Waals surface area contributed by atoms with Crippen LogP contribution in [0.2, 0.25) is 5.02 Å². The summed E-state index contributed by atoms with van der Waals surface area (Å²) in [5.74, 6) is -0.00353. The topological polar surface area (TPSA) is 84.7 Å². The summed E-state index contributed by atoms with van der Waals surface area (Å²) in [5, 5.41) is 3.68. The zero-order valence-corrected chi connectivity index (χ0v) is 13.9. The number of nitrogens with one attached hydrogen (secondary N) is 1. The van der Waals surface area contributed by atoms with Crippen molar-refractivity contribution < 1.29 is 13.9 Å². The Bertz CT molecular complexity index is 981. The molecule has 0 bridgehead atoms. The standard InChI is InChI=1S/C17H14ClN3O4/c18-10-1-4-14-12(9-10)20-11-2-3-13(22)16(15(11)24-14)25-17(23)21-7-5-19-6-8-21/h1-4,9,19H,5-8H2. The van der Waals surface area contributed by atoms with Crippen molar-refractivity contribution in [2.75, 3.05) is 26.2 Å². The van der Waals surface area contributed by atoms with E-state index in [2.05, 4.69) is 10.3 Å². The van der Waals surface area contributed by atoms with E-state index in [1.54, 1.807) is 23.1 Å². The summed E-state index contributed by atoms with van der Waals surface area (Å²) in [6.07, 6.45) is -0.572. The van der Waals surface area contributed by atoms with E-state index in [9.17, 15) is 9.59 Å². The number of hydrogen-bond donors (Lipinski definition) is 1. The lowest BCUT2D eigenvalue weighted by Gasteiger charge is -2.26. The van der Waals surface area contributed by atoms with Crippen molar-refractivity contribution in [2.45, 2.75) is 0 Å². The second-order valence-corrected chi connectivity index (χ2v) is 6.11. The second kappa shape index (κ2) is 6.34. The fourth-order valence-electron chi connectivity index (χ4n) is 2.72. The van der Waals surface area contributed by atoms with Gasteiger partial charge in [0.15, 0.2) is 11.3 Å². The van der Waals surface area contributed by atoms with Crippen LogP contribution in [0.15, 0.2) is 39.5 Å². The van der Waals surface area contributed by atoms with Gasteiger partial charge in [0.2, 0.25) is 11.2 Å². The Hall–Kier alpha value is -2.64. The van der Waals surface area contributed by atoms with Gasteiger partial charge in [-0.05, 0) is 30.3 Å². The van der Waals surface area contributed by atoms with E-state index in [1.807, 2.05) is 0 Å². The highest BCUT2D eigenvalue weighted by atomic mass is 35.5. The van der Waals surface area contributed by atoms with Crippen molar-refractivity contribution in [3.8, 4) is 17.2 Å². The maximum Gasteiger partial charge on any atom is 0.415 e. The zero-order chi connectivity index (χ0) is 17.4. The van der Waals surface area contributed by atoms with Gasteiger partial charge in [-0.15, -0.1) is 0 Å². The molecule has 0 aromatic heterocycles. The lowest BCUT2D eigenvalue weighted by atomic mass is 10.2. The van der Waals surface area contributed by atoms with Crippen molar-refractivity contribution >= 4 is 28.8 Å². The normalized spacial score (nSPS) is 14.8. The molecule has 0 radical (unpaired) electrons. The Kier molecular flexibility index (Phi) is 4.03. The van der Waals surface area contributed by atoms with Crippen LogP contribution in [0.1, 0.15) is 0 Å². The van der Waals surface area contributed by atoms with Gasteiger partial charge in [0.25, 0.3) is 0 Å². The van der Waals surface area contributed by atoms with Gasteiger partial charge in [0.05, 0.1) is 0 Å². The van der Waals surface area contributed by atoms with Gasteiger partial charge >= 0.3 is 6.09 Å². The fraction of sp³-hybridized carbons (Fsp3) is 0.235. The maximum absolute atomic E-state index is 12.3. The quantitative estimate of drug-likeness (QED) is 0.671. The Morgan fingerprint density at radius 3 is 2.84 bits per heavy atom. The highest BCUT2D eigenvalue weighted by molar-refractivity contribution is 6.31. The minimum Gasteiger partial charge on any atom is -0.449 e. The average molecular weight is 360 g/mol. The van der Waals surface area contributed by atoms with Crippen LogP contribution in [0, 0.1) is 0 Å². The maximum atomic E-state index is 12.3. The first kappa shape index (κ1) is 15.9. The van der Waals surface area contributed by atoms with Crippen LogP contribution in [-0.4, -0.2) is 42.2 Å². The molecule has 1 fully saturated rings. The zero-order valence-electron chi connectivity index (χ0n) is 13.1. The minimum atomic E-state index is -0.572. The first-order chi connectivity index (χ1) is 12.1. The Morgan fingerprint density at radius 1 is 1.24 bits per heavy atom. The molecule has 7 nitrogen and oxygen atoms in total. The summed E-state index contributed by atoms with van der Waals surface area (Å²) in [5.41, 5.74) is 0.979. The number of amides is 1. The molecular weight excluding hydrogens is 346 g/mol. The van der Waals surface area contributed by atoms with E-state index in [1.165, 1.54) is 12.1 Å². The van der Waals surface area contributed by atoms with E-state index in [4.69, 9.17) is 20.8 Å². The lowest BCUT2D eigenvalue weighted by molar-refractivity contribution is 0.145. The minimum absolute atomic E-state index is 0.144. The molecule has 0 saturated carbocycles. The smallest absolute Gasteiger partial charge is 0.415 e. The van der Waals surface area contributed by atoms with Crippen molar-refractivity contribution in [3.05, 3.63) is 45.6 Å². The summed E-state index contributed by atoms with van der Waals surface area (Å²) in [4.78, 5) is 30.5. The molecule has 1 N–H and O–H groups in total. The molecule has 1 aromatic carbocycles. The first-order valence-corrected chi connectivity index (χ1v) is 8.20. The number of fused-ring (bicyclic) bond motifs is 2. The third-order valence-corrected chi connectivity index (χ3v) is 4.23. The number of hydrogen-bond acceptors (Lipinski definition) is 6. The number of benzene rings is 2. The molecule has 1 saturated heterocycles. The molecule has 1 aliphatic carbocycles. The van der Waals surface area contributed by atoms with Crippen LogP contribution < -0.4 is 15.5 Å². The molecule has 4 rings (SSSR count). The van der Waals surface area contributed by atoms with E-state index in [0.29, 0.717) is 48.0 Å². The monoisotopic (exact) mass is 359 g/mol. The molecule has 0 unspecified atom stereocenters. The summed E-state index contributed by atoms with van der Waals surface area (Å²) in [6.45, 7) is 2.42. The van der Waals surface area contributed by atoms with Gasteiger partial charge in [-0.25, -0.2) is 9.78 Å². The number of piperazine rings is 1. The summed E-state index contributed by atoms with van der Waals surface area (Å²) in [7, 11) is 0. The number of aromatic nitrogens is 1. The number of rotatable bonds is 1. The SMILES string of the molecule is O=C(Oc1c2oc3ccc(Cl)cc3nc-2ccc1=O)N1CCNCC1. The third-order valence-electron chi connectivity index (χ3n) is 3.99. The molecule has 0 atom stereocenters. The molecule has 8 heteroatoms. The van der Waals surface area contributed by atoms with Crippen molar-refractivity contribution in [1.29, 1.82) is 0 Å².